The van der Waals surface area contributed by atoms with E-state index >= 15 is 0 Å². The summed E-state index contributed by atoms with van der Waals surface area (Å²) in [6.07, 6.45) is 66.6. The number of rotatable bonds is 76. The SMILES string of the molecule is CCCCCCCCCCCCCC(=O)N[C@@H](CO)C[N-]CC[C@@H](CCCCCCC)OC(=O)CCCCCCCCCCC.[2H]P([B][3H])SOC[C@@H](C[N-]CC[C@@H](CCCCCCC)OC(=O)CCCCCCCCCCC)NC(=O)CCCCCCCCCCCCC.[Ac].[Ac]. The summed E-state index contributed by atoms with van der Waals surface area (Å²) in [5.74, 6) is -0.122. The molecule has 3 radical (unpaired) electrons. The van der Waals surface area contributed by atoms with Gasteiger partial charge in [-0.15, -0.1) is 26.2 Å². The maximum absolute atomic E-state index is 12.8. The van der Waals surface area contributed by atoms with Crippen LogP contribution in [0.5, 0.6) is 0 Å². The first-order valence-corrected chi connectivity index (χ1v) is 42.5. The second kappa shape index (κ2) is 87.8. The first-order chi connectivity index (χ1) is 46.5. The van der Waals surface area contributed by atoms with Crippen molar-refractivity contribution in [3.8, 4) is 0 Å². The Kier molecular flexibility index (Phi) is 91.1. The summed E-state index contributed by atoms with van der Waals surface area (Å²) < 4.78 is 32.6. The zero-order valence-corrected chi connectivity index (χ0v) is 74.6. The van der Waals surface area contributed by atoms with Gasteiger partial charge in [-0.2, -0.15) is 0 Å². The van der Waals surface area contributed by atoms with Gasteiger partial charge in [0, 0.05) is 138 Å². The Morgan fingerprint density at radius 2 is 0.674 bits per heavy atom. The van der Waals surface area contributed by atoms with Crippen LogP contribution < -0.4 is 10.6 Å². The normalized spacial score (nSPS) is 13.0. The number of hydrogen-bond donors (Lipinski definition) is 3. The molecule has 0 aliphatic rings. The Balaban J connectivity index is -0.000000878. The largest absolute Gasteiger partial charge is 0.660 e. The van der Waals surface area contributed by atoms with Gasteiger partial charge in [0.05, 0.1) is 14.5 Å². The Morgan fingerprint density at radius 3 is 0.968 bits per heavy atom. The molecule has 0 saturated heterocycles. The molecule has 1 unspecified atom stereocenters. The van der Waals surface area contributed by atoms with Crippen LogP contribution >= 0.6 is 19.3 Å². The summed E-state index contributed by atoms with van der Waals surface area (Å²) in [7, 11) is -0.326. The molecule has 0 aliphatic heterocycles. The molecule has 0 fully saturated rings. The minimum atomic E-state index is -1.41. The average Bonchev–Trinajstić information content (AvgIpc) is 2.61. The predicted molar refractivity (Wildman–Crippen MR) is 408 cm³/mol. The first kappa shape index (κ1) is 98.5. The molecule has 0 aromatic rings. The van der Waals surface area contributed by atoms with Crippen molar-refractivity contribution >= 4 is 50.6 Å². The third-order valence-corrected chi connectivity index (χ3v) is 19.0. The van der Waals surface area contributed by atoms with Gasteiger partial charge in [-0.1, -0.05) is 332 Å². The zero-order valence-electron chi connectivity index (χ0n) is 65.4. The number of amides is 2. The fourth-order valence-corrected chi connectivity index (χ4v) is 12.7. The Hall–Kier alpha value is 1.45. The molecule has 0 heterocycles. The molecule has 5 atom stereocenters. The molecule has 17 heteroatoms. The van der Waals surface area contributed by atoms with Gasteiger partial charge in [0.25, 0.3) is 0 Å². The van der Waals surface area contributed by atoms with E-state index in [1.165, 1.54) is 250 Å². The quantitative estimate of drug-likeness (QED) is 0.0176. The monoisotopic (exact) mass is 1810 g/mol. The molecule has 3 N–H and O–H groups in total. The van der Waals surface area contributed by atoms with Crippen LogP contribution in [0.25, 0.3) is 10.6 Å². The van der Waals surface area contributed by atoms with Gasteiger partial charge in [-0.05, 0) is 65.5 Å². The fraction of sp³-hybridized carbons (Fsp3) is 0.949. The second-order valence-corrected chi connectivity index (χ2v) is 29.0. The fourth-order valence-electron chi connectivity index (χ4n) is 12.0. The van der Waals surface area contributed by atoms with E-state index in [-0.39, 0.29) is 149 Å². The molecule has 0 rings (SSSR count). The van der Waals surface area contributed by atoms with Crippen molar-refractivity contribution in [3.05, 3.63) is 10.6 Å². The van der Waals surface area contributed by atoms with Crippen molar-refractivity contribution in [1.82, 2.24) is 10.6 Å². The molecule has 0 aromatic carbocycles. The number of aliphatic hydroxyl groups excluding tert-OH is 1. The van der Waals surface area contributed by atoms with Gasteiger partial charge in [0.15, 0.2) is 0 Å². The van der Waals surface area contributed by atoms with E-state index in [2.05, 4.69) is 57.5 Å². The minimum Gasteiger partial charge on any atom is -0.660 e. The number of nitrogens with zero attached hydrogens (tertiary/aromatic N) is 2. The third-order valence-electron chi connectivity index (χ3n) is 18.1. The summed E-state index contributed by atoms with van der Waals surface area (Å²) in [6.45, 7) is 15.6. The van der Waals surface area contributed by atoms with Gasteiger partial charge < -0.3 is 40.0 Å². The average molecular weight is 1810 g/mol. The van der Waals surface area contributed by atoms with Gasteiger partial charge in [0.2, 0.25) is 11.8 Å². The summed E-state index contributed by atoms with van der Waals surface area (Å²) in [4.78, 5) is 50.5. The number of carbonyl (C=O) groups excluding carboxylic acids is 4. The van der Waals surface area contributed by atoms with Crippen molar-refractivity contribution in [2.24, 2.45) is 0 Å². The molecule has 0 aromatic heterocycles. The number of carbonyl (C=O) groups is 4. The third kappa shape index (κ3) is 82.6. The van der Waals surface area contributed by atoms with Crippen molar-refractivity contribution in [2.75, 3.05) is 39.4 Å². The molecule has 0 saturated carbocycles. The molecule has 0 bridgehead atoms. The molecule has 95 heavy (non-hydrogen) atoms. The van der Waals surface area contributed by atoms with E-state index in [1.54, 1.807) is 0 Å². The Labute approximate surface area is 671 Å². The van der Waals surface area contributed by atoms with E-state index < -0.39 is 7.61 Å². The summed E-state index contributed by atoms with van der Waals surface area (Å²) in [5, 5.41) is 25.2. The van der Waals surface area contributed by atoms with E-state index in [0.29, 0.717) is 64.7 Å². The molecule has 0 aliphatic carbocycles. The molecular weight excluding hydrogens is 1650 g/mol. The molecule has 12 nitrogen and oxygen atoms in total. The van der Waals surface area contributed by atoms with Crippen molar-refractivity contribution in [3.63, 3.8) is 0 Å². The molecule has 2 amide bonds. The Morgan fingerprint density at radius 1 is 0.411 bits per heavy atom. The predicted octanol–water partition coefficient (Wildman–Crippen LogP) is 23.3. The number of esters is 2. The van der Waals surface area contributed by atoms with Crippen LogP contribution in [0.4, 0.5) is 0 Å². The van der Waals surface area contributed by atoms with E-state index in [9.17, 15) is 24.3 Å². The van der Waals surface area contributed by atoms with Crippen LogP contribution in [0.2, 0.25) is 0 Å². The number of ether oxygens (including phenoxy) is 2. The topological polar surface area (TPSA) is 168 Å². The zero-order chi connectivity index (χ0) is 69.8. The molecule has 0 spiro atoms. The maximum Gasteiger partial charge on any atom is 0.306 e. The Bertz CT molecular complexity index is 1620. The van der Waals surface area contributed by atoms with Crippen molar-refractivity contribution < 1.29 is 126 Å². The van der Waals surface area contributed by atoms with Gasteiger partial charge >= 0.3 is 11.9 Å². The minimum absolute atomic E-state index is 0. The van der Waals surface area contributed by atoms with Gasteiger partial charge in [0.1, 0.15) is 19.7 Å². The van der Waals surface area contributed by atoms with Crippen LogP contribution in [0, 0.1) is 88.1 Å². The first-order valence-electron chi connectivity index (χ1n) is 41.2. The van der Waals surface area contributed by atoms with E-state index in [4.69, 9.17) is 21.6 Å². The van der Waals surface area contributed by atoms with Gasteiger partial charge in [-0.3, -0.25) is 19.2 Å². The van der Waals surface area contributed by atoms with E-state index in [1.807, 2.05) is 0 Å². The number of aliphatic hydroxyl groups is 1. The van der Waals surface area contributed by atoms with Crippen molar-refractivity contribution in [2.45, 2.75) is 438 Å². The number of unbranched alkanes of at least 4 members (excludes halogenated alkanes) is 44. The maximum atomic E-state index is 12.8. The van der Waals surface area contributed by atoms with Crippen molar-refractivity contribution in [1.29, 1.82) is 2.61 Å². The summed E-state index contributed by atoms with van der Waals surface area (Å²) in [5.41, 5.74) is 0. The standard InChI is InChI=1S/C39H78BN2O4PS.C39H77N2O4.2Ac/c1-4-7-10-13-15-17-18-20-21-24-27-30-38(43)42-36(35-45-48-47-40)34-41-33-32-37(29-26-23-12-9-6-3)46-39(44)31-28-25-22-19-16-14-11-8-5-2;1-4-7-10-13-15-17-18-20-21-24-27-30-38(43)41-36(35-42)34-40-33-32-37(29-26-23-12-9-6-3)45-39(44)31-28-25-22-19-16-14-11-8-5-2;;/h36-37,40,47H,4-35H2,1-3H3,(H,42,43);36-37,42H,4-35H2,1-3H3,(H,41,43);;/q2*-1;;/t36-,37-,47?;36-,37-;;/m11../s1/i40T,47D;;;. The molecular formula is C78H155Ac2BN4O8PS-2. The van der Waals surface area contributed by atoms with Crippen LogP contribution in [0.1, 0.15) is 414 Å². The van der Waals surface area contributed by atoms with Crippen LogP contribution in [0.15, 0.2) is 0 Å². The number of hydrogen-bond acceptors (Lipinski definition) is 9. The van der Waals surface area contributed by atoms with Crippen LogP contribution in [-0.4, -0.2) is 103 Å². The smallest absolute Gasteiger partial charge is 0.306 e. The van der Waals surface area contributed by atoms with E-state index in [0.717, 1.165) is 103 Å². The summed E-state index contributed by atoms with van der Waals surface area (Å²) >= 11 is 0.986. The second-order valence-electron chi connectivity index (χ2n) is 27.4. The van der Waals surface area contributed by atoms with Crippen LogP contribution in [0.3, 0.4) is 0 Å². The molecule has 557 valence electrons. The van der Waals surface area contributed by atoms with Gasteiger partial charge in [-0.25, -0.2) is 0 Å². The number of nitrogens with one attached hydrogen (secondary N) is 2. The van der Waals surface area contributed by atoms with Crippen LogP contribution in [-0.2, 0) is 32.8 Å². The summed E-state index contributed by atoms with van der Waals surface area (Å²) in [6, 6.07) is -0.620.